The predicted molar refractivity (Wildman–Crippen MR) is 45.0 cm³/mol. The average Bonchev–Trinajstić information content (AvgIpc) is 2.34. The van der Waals surface area contributed by atoms with Crippen LogP contribution in [0, 0.1) is 0 Å². The SMILES string of the molecule is CCC1SCC(CO)S1. The minimum atomic E-state index is 0.355. The molecule has 2 unspecified atom stereocenters. The Morgan fingerprint density at radius 3 is 2.78 bits per heavy atom. The number of aliphatic hydroxyl groups is 1. The fraction of sp³-hybridized carbons (Fsp3) is 1.00. The van der Waals surface area contributed by atoms with Gasteiger partial charge in [0.05, 0.1) is 11.2 Å². The predicted octanol–water partition coefficient (Wildman–Crippen LogP) is 1.56. The van der Waals surface area contributed by atoms with Gasteiger partial charge in [-0.25, -0.2) is 0 Å². The zero-order valence-corrected chi connectivity index (χ0v) is 7.17. The van der Waals surface area contributed by atoms with Crippen LogP contribution in [0.2, 0.25) is 0 Å². The molecule has 0 radical (unpaired) electrons. The zero-order chi connectivity index (χ0) is 6.69. The Hall–Kier alpha value is 0.660. The Kier molecular flexibility index (Phi) is 3.22. The van der Waals surface area contributed by atoms with E-state index in [-0.39, 0.29) is 0 Å². The van der Waals surface area contributed by atoms with Crippen LogP contribution in [0.1, 0.15) is 13.3 Å². The summed E-state index contributed by atoms with van der Waals surface area (Å²) in [6.45, 7) is 2.55. The maximum atomic E-state index is 8.75. The molecule has 0 bridgehead atoms. The highest BCUT2D eigenvalue weighted by molar-refractivity contribution is 8.20. The fourth-order valence-electron chi connectivity index (χ4n) is 0.818. The molecular formula is C6H12OS2. The first-order chi connectivity index (χ1) is 4.36. The highest BCUT2D eigenvalue weighted by Gasteiger charge is 2.23. The van der Waals surface area contributed by atoms with E-state index in [0.29, 0.717) is 11.9 Å². The van der Waals surface area contributed by atoms with Gasteiger partial charge >= 0.3 is 0 Å². The van der Waals surface area contributed by atoms with Crippen LogP contribution in [0.3, 0.4) is 0 Å². The van der Waals surface area contributed by atoms with Gasteiger partial charge in [-0.1, -0.05) is 6.92 Å². The number of hydrogen-bond acceptors (Lipinski definition) is 3. The molecule has 1 heterocycles. The lowest BCUT2D eigenvalue weighted by atomic mass is 10.5. The van der Waals surface area contributed by atoms with E-state index in [1.807, 2.05) is 23.5 Å². The molecule has 1 N–H and O–H groups in total. The third-order valence-corrected chi connectivity index (χ3v) is 4.94. The summed E-state index contributed by atoms with van der Waals surface area (Å²) >= 11 is 3.90. The lowest BCUT2D eigenvalue weighted by Gasteiger charge is -2.03. The molecule has 2 atom stereocenters. The molecule has 0 saturated carbocycles. The summed E-state index contributed by atoms with van der Waals surface area (Å²) in [7, 11) is 0. The Balaban J connectivity index is 2.20. The van der Waals surface area contributed by atoms with Gasteiger partial charge in [-0.15, -0.1) is 23.5 Å². The summed E-state index contributed by atoms with van der Waals surface area (Å²) in [5.74, 6) is 1.14. The second-order valence-electron chi connectivity index (χ2n) is 2.11. The zero-order valence-electron chi connectivity index (χ0n) is 5.54. The van der Waals surface area contributed by atoms with E-state index < -0.39 is 0 Å². The molecule has 9 heavy (non-hydrogen) atoms. The van der Waals surface area contributed by atoms with Crippen LogP contribution in [-0.4, -0.2) is 27.3 Å². The van der Waals surface area contributed by atoms with E-state index in [9.17, 15) is 0 Å². The van der Waals surface area contributed by atoms with Crippen molar-refractivity contribution in [2.75, 3.05) is 12.4 Å². The van der Waals surface area contributed by atoms with E-state index in [2.05, 4.69) is 6.92 Å². The smallest absolute Gasteiger partial charge is 0.0558 e. The summed E-state index contributed by atoms with van der Waals surface area (Å²) in [5.41, 5.74) is 0. The molecular weight excluding hydrogens is 152 g/mol. The maximum absolute atomic E-state index is 8.75. The lowest BCUT2D eigenvalue weighted by Crippen LogP contribution is -2.06. The van der Waals surface area contributed by atoms with Crippen LogP contribution in [0.15, 0.2) is 0 Å². The Labute approximate surface area is 64.6 Å². The Morgan fingerprint density at radius 2 is 2.44 bits per heavy atom. The number of rotatable bonds is 2. The van der Waals surface area contributed by atoms with Gasteiger partial charge in [-0.3, -0.25) is 0 Å². The van der Waals surface area contributed by atoms with E-state index >= 15 is 0 Å². The molecule has 1 fully saturated rings. The van der Waals surface area contributed by atoms with Crippen molar-refractivity contribution in [3.05, 3.63) is 0 Å². The maximum Gasteiger partial charge on any atom is 0.0558 e. The van der Waals surface area contributed by atoms with Crippen LogP contribution in [-0.2, 0) is 0 Å². The third-order valence-electron chi connectivity index (χ3n) is 1.35. The van der Waals surface area contributed by atoms with E-state index in [0.717, 1.165) is 10.3 Å². The van der Waals surface area contributed by atoms with Gasteiger partial charge in [-0.05, 0) is 6.42 Å². The summed E-state index contributed by atoms with van der Waals surface area (Å²) < 4.78 is 0.752. The molecule has 54 valence electrons. The Bertz CT molecular complexity index is 77.1. The first kappa shape index (κ1) is 7.76. The van der Waals surface area contributed by atoms with E-state index in [4.69, 9.17) is 5.11 Å². The van der Waals surface area contributed by atoms with Gasteiger partial charge in [0.1, 0.15) is 0 Å². The molecule has 0 aliphatic carbocycles. The normalized spacial score (nSPS) is 35.3. The summed E-state index contributed by atoms with van der Waals surface area (Å²) in [6, 6.07) is 0. The largest absolute Gasteiger partial charge is 0.395 e. The molecule has 0 aromatic rings. The van der Waals surface area contributed by atoms with E-state index in [1.165, 1.54) is 6.42 Å². The molecule has 0 aromatic carbocycles. The molecule has 3 heteroatoms. The van der Waals surface area contributed by atoms with Crippen molar-refractivity contribution >= 4 is 23.5 Å². The van der Waals surface area contributed by atoms with Crippen LogP contribution >= 0.6 is 23.5 Å². The highest BCUT2D eigenvalue weighted by atomic mass is 32.2. The van der Waals surface area contributed by atoms with Crippen molar-refractivity contribution in [2.45, 2.75) is 23.2 Å². The molecule has 0 spiro atoms. The first-order valence-corrected chi connectivity index (χ1v) is 5.24. The number of thioether (sulfide) groups is 2. The van der Waals surface area contributed by atoms with Crippen molar-refractivity contribution in [2.24, 2.45) is 0 Å². The second-order valence-corrected chi connectivity index (χ2v) is 5.15. The molecule has 1 rings (SSSR count). The average molecular weight is 164 g/mol. The Morgan fingerprint density at radius 1 is 1.67 bits per heavy atom. The number of hydrogen-bond donors (Lipinski definition) is 1. The molecule has 1 nitrogen and oxygen atoms in total. The van der Waals surface area contributed by atoms with Gasteiger partial charge in [-0.2, -0.15) is 0 Å². The van der Waals surface area contributed by atoms with E-state index in [1.54, 1.807) is 0 Å². The van der Waals surface area contributed by atoms with Crippen molar-refractivity contribution in [3.8, 4) is 0 Å². The quantitative estimate of drug-likeness (QED) is 0.669. The minimum absolute atomic E-state index is 0.355. The molecule has 0 aromatic heterocycles. The second kappa shape index (κ2) is 3.74. The standard InChI is InChI=1S/C6H12OS2/c1-2-6-8-4-5(3-7)9-6/h5-7H,2-4H2,1H3. The highest BCUT2D eigenvalue weighted by Crippen LogP contribution is 2.38. The topological polar surface area (TPSA) is 20.2 Å². The summed E-state index contributed by atoms with van der Waals surface area (Å²) in [4.78, 5) is 0. The molecule has 1 saturated heterocycles. The van der Waals surface area contributed by atoms with Crippen molar-refractivity contribution in [3.63, 3.8) is 0 Å². The van der Waals surface area contributed by atoms with Gasteiger partial charge < -0.3 is 5.11 Å². The van der Waals surface area contributed by atoms with Crippen LogP contribution < -0.4 is 0 Å². The summed E-state index contributed by atoms with van der Waals surface area (Å²) in [5, 5.41) is 9.26. The van der Waals surface area contributed by atoms with Crippen LogP contribution in [0.5, 0.6) is 0 Å². The molecule has 0 amide bonds. The number of aliphatic hydroxyl groups excluding tert-OH is 1. The van der Waals surface area contributed by atoms with Crippen molar-refractivity contribution in [1.29, 1.82) is 0 Å². The van der Waals surface area contributed by atoms with Gasteiger partial charge in [0.2, 0.25) is 0 Å². The summed E-state index contributed by atoms with van der Waals surface area (Å²) in [6.07, 6.45) is 1.23. The molecule has 1 aliphatic rings. The van der Waals surface area contributed by atoms with Crippen molar-refractivity contribution < 1.29 is 5.11 Å². The third kappa shape index (κ3) is 2.06. The molecule has 1 aliphatic heterocycles. The van der Waals surface area contributed by atoms with Crippen LogP contribution in [0.25, 0.3) is 0 Å². The van der Waals surface area contributed by atoms with Gasteiger partial charge in [0, 0.05) is 11.0 Å². The van der Waals surface area contributed by atoms with Gasteiger partial charge in [0.25, 0.3) is 0 Å². The lowest BCUT2D eigenvalue weighted by molar-refractivity contribution is 0.301. The first-order valence-electron chi connectivity index (χ1n) is 3.24. The minimum Gasteiger partial charge on any atom is -0.395 e. The monoisotopic (exact) mass is 164 g/mol. The van der Waals surface area contributed by atoms with Gasteiger partial charge in [0.15, 0.2) is 0 Å². The van der Waals surface area contributed by atoms with Crippen LogP contribution in [0.4, 0.5) is 0 Å². The fourth-order valence-corrected chi connectivity index (χ4v) is 3.87. The van der Waals surface area contributed by atoms with Crippen molar-refractivity contribution in [1.82, 2.24) is 0 Å².